The molecule has 0 amide bonds. The summed E-state index contributed by atoms with van der Waals surface area (Å²) in [5, 5.41) is 0.641. The highest BCUT2D eigenvalue weighted by atomic mass is 32.1. The first-order valence-electron chi connectivity index (χ1n) is 9.12. The molecular formula is C22H23N2O2S+. The molecule has 4 rings (SSSR count). The monoisotopic (exact) mass is 379 g/mol. The molecule has 1 aromatic heterocycles. The number of carbonyl (C=O) groups is 1. The number of nitrogen functional groups attached to an aromatic ring is 1. The van der Waals surface area contributed by atoms with Crippen LogP contribution in [-0.4, -0.2) is 19.4 Å². The topological polar surface area (TPSA) is 56.8 Å². The lowest BCUT2D eigenvalue weighted by molar-refractivity contribution is -0.929. The van der Waals surface area contributed by atoms with Crippen LogP contribution in [0.4, 0.5) is 5.00 Å². The number of anilines is 1. The lowest BCUT2D eigenvalue weighted by atomic mass is 9.96. The van der Waals surface area contributed by atoms with Gasteiger partial charge < -0.3 is 15.4 Å². The second kappa shape index (κ2) is 7.55. The van der Waals surface area contributed by atoms with Gasteiger partial charge >= 0.3 is 0 Å². The van der Waals surface area contributed by atoms with Crippen LogP contribution in [0.5, 0.6) is 5.75 Å². The number of methoxy groups -OCH3 is 1. The smallest absolute Gasteiger partial charge is 0.196 e. The third kappa shape index (κ3) is 3.61. The maximum Gasteiger partial charge on any atom is 0.196 e. The number of ether oxygens (including phenoxy) is 1. The summed E-state index contributed by atoms with van der Waals surface area (Å²) in [6.07, 6.45) is 0.891. The zero-order valence-corrected chi connectivity index (χ0v) is 16.1. The normalized spacial score (nSPS) is 16.0. The number of rotatable bonds is 5. The van der Waals surface area contributed by atoms with Gasteiger partial charge in [-0.2, -0.15) is 0 Å². The van der Waals surface area contributed by atoms with Crippen molar-refractivity contribution in [1.82, 2.24) is 0 Å². The maximum atomic E-state index is 13.1. The third-order valence-electron chi connectivity index (χ3n) is 5.13. The number of nitrogens with one attached hydrogen (secondary N) is 1. The Balaban J connectivity index is 1.56. The molecule has 0 radical (unpaired) electrons. The number of hydrogen-bond acceptors (Lipinski definition) is 4. The molecule has 3 N–H and O–H groups in total. The Morgan fingerprint density at radius 3 is 2.59 bits per heavy atom. The van der Waals surface area contributed by atoms with Crippen molar-refractivity contribution in [2.24, 2.45) is 0 Å². The van der Waals surface area contributed by atoms with E-state index in [2.05, 4.69) is 24.3 Å². The molecule has 0 spiro atoms. The molecule has 27 heavy (non-hydrogen) atoms. The molecule has 3 aromatic rings. The predicted molar refractivity (Wildman–Crippen MR) is 109 cm³/mol. The lowest BCUT2D eigenvalue weighted by Crippen LogP contribution is -3.10. The van der Waals surface area contributed by atoms with Gasteiger partial charge in [0.2, 0.25) is 0 Å². The van der Waals surface area contributed by atoms with Crippen molar-refractivity contribution in [2.75, 3.05) is 19.4 Å². The summed E-state index contributed by atoms with van der Waals surface area (Å²) in [6, 6.07) is 17.8. The van der Waals surface area contributed by atoms with Crippen LogP contribution in [0.1, 0.15) is 31.9 Å². The van der Waals surface area contributed by atoms with Crippen LogP contribution in [0.15, 0.2) is 54.6 Å². The molecule has 0 saturated heterocycles. The van der Waals surface area contributed by atoms with E-state index in [0.717, 1.165) is 37.4 Å². The molecule has 0 saturated carbocycles. The number of carbonyl (C=O) groups excluding carboxylic acids is 1. The number of ketones is 1. The average molecular weight is 380 g/mol. The Kier molecular flexibility index (Phi) is 4.97. The minimum atomic E-state index is 0.0131. The summed E-state index contributed by atoms with van der Waals surface area (Å²) in [5.41, 5.74) is 10.1. The largest absolute Gasteiger partial charge is 0.497 e. The van der Waals surface area contributed by atoms with Gasteiger partial charge in [0, 0.05) is 17.5 Å². The van der Waals surface area contributed by atoms with Crippen LogP contribution in [0.3, 0.4) is 0 Å². The van der Waals surface area contributed by atoms with Crippen molar-refractivity contribution < 1.29 is 14.4 Å². The molecule has 0 fully saturated rings. The van der Waals surface area contributed by atoms with Crippen LogP contribution < -0.4 is 15.4 Å². The van der Waals surface area contributed by atoms with Gasteiger partial charge in [0.25, 0.3) is 0 Å². The van der Waals surface area contributed by atoms with E-state index in [-0.39, 0.29) is 5.78 Å². The second-order valence-electron chi connectivity index (χ2n) is 6.89. The molecular weight excluding hydrogens is 356 g/mol. The molecule has 4 nitrogen and oxygen atoms in total. The molecule has 1 aliphatic rings. The van der Waals surface area contributed by atoms with Crippen molar-refractivity contribution in [2.45, 2.75) is 19.5 Å². The average Bonchev–Trinajstić information content (AvgIpc) is 3.03. The summed E-state index contributed by atoms with van der Waals surface area (Å²) in [6.45, 7) is 2.94. The summed E-state index contributed by atoms with van der Waals surface area (Å²) < 4.78 is 5.18. The predicted octanol–water partition coefficient (Wildman–Crippen LogP) is 2.71. The first-order chi connectivity index (χ1) is 13.2. The Morgan fingerprint density at radius 2 is 1.89 bits per heavy atom. The second-order valence-corrected chi connectivity index (χ2v) is 8.03. The number of hydrogen-bond donors (Lipinski definition) is 2. The van der Waals surface area contributed by atoms with Gasteiger partial charge in [-0.3, -0.25) is 4.79 Å². The summed E-state index contributed by atoms with van der Waals surface area (Å²) in [7, 11) is 1.62. The van der Waals surface area contributed by atoms with E-state index in [4.69, 9.17) is 10.5 Å². The van der Waals surface area contributed by atoms with Crippen LogP contribution in [0.25, 0.3) is 0 Å². The van der Waals surface area contributed by atoms with Gasteiger partial charge in [0.05, 0.1) is 29.1 Å². The third-order valence-corrected chi connectivity index (χ3v) is 6.19. The van der Waals surface area contributed by atoms with Gasteiger partial charge in [-0.15, -0.1) is 11.3 Å². The van der Waals surface area contributed by atoms with Crippen LogP contribution in [0.2, 0.25) is 0 Å². The Morgan fingerprint density at radius 1 is 1.15 bits per heavy atom. The minimum Gasteiger partial charge on any atom is -0.497 e. The van der Waals surface area contributed by atoms with Crippen molar-refractivity contribution in [1.29, 1.82) is 0 Å². The first kappa shape index (κ1) is 17.8. The highest BCUT2D eigenvalue weighted by Crippen LogP contribution is 2.34. The number of benzene rings is 2. The Labute approximate surface area is 163 Å². The van der Waals surface area contributed by atoms with E-state index in [1.165, 1.54) is 15.3 Å². The van der Waals surface area contributed by atoms with E-state index in [1.54, 1.807) is 30.6 Å². The molecule has 138 valence electrons. The zero-order chi connectivity index (χ0) is 18.8. The SMILES string of the molecule is COc1ccc(C(=O)c2c(N)sc3c2CC[NH+](Cc2ccccc2)C3)cc1. The molecule has 1 aliphatic heterocycles. The van der Waals surface area contributed by atoms with Crippen LogP contribution in [-0.2, 0) is 19.5 Å². The lowest BCUT2D eigenvalue weighted by Gasteiger charge is -2.24. The van der Waals surface area contributed by atoms with Gasteiger partial charge in [-0.25, -0.2) is 0 Å². The molecule has 0 aliphatic carbocycles. The van der Waals surface area contributed by atoms with Crippen LogP contribution >= 0.6 is 11.3 Å². The van der Waals surface area contributed by atoms with E-state index in [0.29, 0.717) is 16.1 Å². The first-order valence-corrected chi connectivity index (χ1v) is 9.93. The van der Waals surface area contributed by atoms with Gasteiger partial charge in [0.15, 0.2) is 5.78 Å². The molecule has 5 heteroatoms. The van der Waals surface area contributed by atoms with Gasteiger partial charge in [0.1, 0.15) is 18.8 Å². The Bertz CT molecular complexity index is 948. The number of nitrogens with two attached hydrogens (primary N) is 1. The fourth-order valence-corrected chi connectivity index (χ4v) is 4.92. The number of fused-ring (bicyclic) bond motifs is 1. The van der Waals surface area contributed by atoms with Crippen molar-refractivity contribution in [3.63, 3.8) is 0 Å². The van der Waals surface area contributed by atoms with Crippen molar-refractivity contribution in [3.8, 4) is 5.75 Å². The summed E-state index contributed by atoms with van der Waals surface area (Å²) in [4.78, 5) is 15.8. The highest BCUT2D eigenvalue weighted by molar-refractivity contribution is 7.16. The molecule has 0 bridgehead atoms. The zero-order valence-electron chi connectivity index (χ0n) is 15.3. The minimum absolute atomic E-state index is 0.0131. The standard InChI is InChI=1S/C22H22N2O2S/c1-26-17-9-7-16(8-10-17)21(25)20-18-11-12-24(14-19(18)27-22(20)23)13-15-5-3-2-4-6-15/h2-10H,11-14,23H2,1H3/p+1. The van der Waals surface area contributed by atoms with Crippen molar-refractivity contribution in [3.05, 3.63) is 81.7 Å². The molecule has 1 unspecified atom stereocenters. The van der Waals surface area contributed by atoms with Gasteiger partial charge in [-0.05, 0) is 29.8 Å². The number of thiophene rings is 1. The van der Waals surface area contributed by atoms with Crippen LogP contribution in [0, 0.1) is 0 Å². The fraction of sp³-hybridized carbons (Fsp3) is 0.227. The van der Waals surface area contributed by atoms with E-state index in [9.17, 15) is 4.79 Å². The van der Waals surface area contributed by atoms with E-state index in [1.807, 2.05) is 18.2 Å². The van der Waals surface area contributed by atoms with E-state index >= 15 is 0 Å². The summed E-state index contributed by atoms with van der Waals surface area (Å²) >= 11 is 1.57. The summed E-state index contributed by atoms with van der Waals surface area (Å²) in [5.74, 6) is 0.756. The maximum absolute atomic E-state index is 13.1. The fourth-order valence-electron chi connectivity index (χ4n) is 3.73. The molecule has 2 heterocycles. The Hall–Kier alpha value is -2.63. The number of quaternary nitrogens is 1. The molecule has 1 atom stereocenters. The van der Waals surface area contributed by atoms with Gasteiger partial charge in [-0.1, -0.05) is 30.3 Å². The molecule has 2 aromatic carbocycles. The van der Waals surface area contributed by atoms with E-state index < -0.39 is 0 Å². The highest BCUT2D eigenvalue weighted by Gasteiger charge is 2.29. The van der Waals surface area contributed by atoms with Crippen molar-refractivity contribution >= 4 is 22.1 Å². The quantitative estimate of drug-likeness (QED) is 0.670.